The lowest BCUT2D eigenvalue weighted by molar-refractivity contribution is 0.0464. The van der Waals surface area contributed by atoms with Gasteiger partial charge in [0.2, 0.25) is 0 Å². The molecule has 0 bridgehead atoms. The molecule has 0 atom stereocenters. The first-order chi connectivity index (χ1) is 12.1. The van der Waals surface area contributed by atoms with Gasteiger partial charge in [0.1, 0.15) is 18.1 Å². The first kappa shape index (κ1) is 17.3. The fraction of sp³-hybridized carbons (Fsp3) is 0.111. The van der Waals surface area contributed by atoms with Gasteiger partial charge in [-0.05, 0) is 42.5 Å². The molecule has 25 heavy (non-hydrogen) atoms. The second kappa shape index (κ2) is 7.59. The zero-order valence-corrected chi connectivity index (χ0v) is 14.7. The topological polar surface area (TPSA) is 61.6 Å². The molecule has 0 saturated carbocycles. The summed E-state index contributed by atoms with van der Waals surface area (Å²) in [5, 5.41) is 4.57. The van der Waals surface area contributed by atoms with Crippen molar-refractivity contribution in [3.8, 4) is 17.1 Å². The number of ether oxygens (including phenoxy) is 2. The van der Waals surface area contributed by atoms with Crippen LogP contribution in [0.4, 0.5) is 0 Å². The van der Waals surface area contributed by atoms with Gasteiger partial charge < -0.3 is 14.0 Å². The molecule has 0 spiro atoms. The fourth-order valence-electron chi connectivity index (χ4n) is 2.14. The molecule has 0 saturated heterocycles. The van der Waals surface area contributed by atoms with Crippen LogP contribution in [0.1, 0.15) is 16.1 Å². The largest absolute Gasteiger partial charge is 0.497 e. The molecular weight excluding hydrogens is 365 g/mol. The van der Waals surface area contributed by atoms with E-state index in [-0.39, 0.29) is 17.2 Å². The maximum Gasteiger partial charge on any atom is 0.340 e. The number of halogens is 2. The number of carbonyl (C=O) groups is 1. The Morgan fingerprint density at radius 1 is 1.12 bits per heavy atom. The predicted octanol–water partition coefficient (Wildman–Crippen LogP) is 5.01. The lowest BCUT2D eigenvalue weighted by Crippen LogP contribution is -2.06. The molecule has 3 aromatic rings. The average molecular weight is 378 g/mol. The van der Waals surface area contributed by atoms with Crippen LogP contribution in [0.2, 0.25) is 10.0 Å². The van der Waals surface area contributed by atoms with Gasteiger partial charge in [-0.3, -0.25) is 0 Å². The van der Waals surface area contributed by atoms with E-state index in [9.17, 15) is 4.79 Å². The minimum Gasteiger partial charge on any atom is -0.497 e. The first-order valence-corrected chi connectivity index (χ1v) is 8.04. The summed E-state index contributed by atoms with van der Waals surface area (Å²) in [4.78, 5) is 12.1. The summed E-state index contributed by atoms with van der Waals surface area (Å²) in [6.07, 6.45) is 0. The smallest absolute Gasteiger partial charge is 0.340 e. The Kier molecular flexibility index (Phi) is 5.26. The number of carbonyl (C=O) groups excluding carboxylic acids is 1. The van der Waals surface area contributed by atoms with Crippen LogP contribution < -0.4 is 4.74 Å². The van der Waals surface area contributed by atoms with Gasteiger partial charge in [-0.1, -0.05) is 28.4 Å². The first-order valence-electron chi connectivity index (χ1n) is 7.29. The minimum absolute atomic E-state index is 0.0403. The molecule has 0 fully saturated rings. The molecule has 1 heterocycles. The van der Waals surface area contributed by atoms with Crippen molar-refractivity contribution in [2.45, 2.75) is 6.61 Å². The highest BCUT2D eigenvalue weighted by Gasteiger charge is 2.14. The Morgan fingerprint density at radius 3 is 2.60 bits per heavy atom. The molecule has 1 aromatic heterocycles. The molecule has 0 radical (unpaired) electrons. The predicted molar refractivity (Wildman–Crippen MR) is 94.1 cm³/mol. The van der Waals surface area contributed by atoms with Crippen molar-refractivity contribution in [1.29, 1.82) is 0 Å². The number of hydrogen-bond donors (Lipinski definition) is 0. The van der Waals surface area contributed by atoms with Crippen LogP contribution in [0.5, 0.6) is 5.75 Å². The summed E-state index contributed by atoms with van der Waals surface area (Å²) in [7, 11) is 1.60. The molecule has 0 aliphatic carbocycles. The summed E-state index contributed by atoms with van der Waals surface area (Å²) in [5.74, 6) is 0.729. The standard InChI is InChI=1S/C18H13Cl2NO4/c1-23-14-5-2-11(3-6-14)17-9-13(21-25-17)10-24-18(22)15-8-12(19)4-7-16(15)20/h2-9H,10H2,1H3. The highest BCUT2D eigenvalue weighted by atomic mass is 35.5. The van der Waals surface area contributed by atoms with Gasteiger partial charge >= 0.3 is 5.97 Å². The third-order valence-corrected chi connectivity index (χ3v) is 4.00. The summed E-state index contributed by atoms with van der Waals surface area (Å²) in [5.41, 5.74) is 1.52. The van der Waals surface area contributed by atoms with Crippen LogP contribution in [0.3, 0.4) is 0 Å². The molecule has 0 aliphatic heterocycles. The number of rotatable bonds is 5. The lowest BCUT2D eigenvalue weighted by Gasteiger charge is -2.04. The molecule has 0 unspecified atom stereocenters. The van der Waals surface area contributed by atoms with E-state index in [0.29, 0.717) is 16.5 Å². The van der Waals surface area contributed by atoms with Crippen molar-refractivity contribution >= 4 is 29.2 Å². The maximum absolute atomic E-state index is 12.1. The van der Waals surface area contributed by atoms with E-state index in [2.05, 4.69) is 5.16 Å². The molecule has 3 rings (SSSR count). The van der Waals surface area contributed by atoms with Gasteiger partial charge in [-0.2, -0.15) is 0 Å². The zero-order chi connectivity index (χ0) is 17.8. The van der Waals surface area contributed by atoms with Crippen LogP contribution in [-0.2, 0) is 11.3 Å². The minimum atomic E-state index is -0.582. The molecule has 2 aromatic carbocycles. The van der Waals surface area contributed by atoms with Crippen LogP contribution in [0.25, 0.3) is 11.3 Å². The van der Waals surface area contributed by atoms with Crippen molar-refractivity contribution in [3.63, 3.8) is 0 Å². The molecule has 0 aliphatic rings. The van der Waals surface area contributed by atoms with Crippen molar-refractivity contribution in [2.75, 3.05) is 7.11 Å². The summed E-state index contributed by atoms with van der Waals surface area (Å²) in [6, 6.07) is 13.6. The molecule has 128 valence electrons. The Labute approximate surface area is 154 Å². The van der Waals surface area contributed by atoms with E-state index in [0.717, 1.165) is 11.3 Å². The van der Waals surface area contributed by atoms with Gasteiger partial charge in [-0.15, -0.1) is 0 Å². The Bertz CT molecular complexity index is 890. The van der Waals surface area contributed by atoms with Crippen molar-refractivity contribution < 1.29 is 18.8 Å². The maximum atomic E-state index is 12.1. The fourth-order valence-corrected chi connectivity index (χ4v) is 2.51. The van der Waals surface area contributed by atoms with E-state index in [4.69, 9.17) is 37.2 Å². The number of hydrogen-bond acceptors (Lipinski definition) is 5. The molecule has 0 N–H and O–H groups in total. The van der Waals surface area contributed by atoms with Crippen LogP contribution in [0.15, 0.2) is 53.1 Å². The van der Waals surface area contributed by atoms with Gasteiger partial charge in [0.15, 0.2) is 5.76 Å². The normalized spacial score (nSPS) is 10.5. The third-order valence-electron chi connectivity index (χ3n) is 3.43. The third kappa shape index (κ3) is 4.13. The van der Waals surface area contributed by atoms with E-state index in [1.54, 1.807) is 25.3 Å². The van der Waals surface area contributed by atoms with Gasteiger partial charge in [-0.25, -0.2) is 4.79 Å². The highest BCUT2D eigenvalue weighted by molar-refractivity contribution is 6.35. The summed E-state index contributed by atoms with van der Waals surface area (Å²) < 4.78 is 15.6. The zero-order valence-electron chi connectivity index (χ0n) is 13.2. The van der Waals surface area contributed by atoms with Crippen molar-refractivity contribution in [2.24, 2.45) is 0 Å². The summed E-state index contributed by atoms with van der Waals surface area (Å²) in [6.45, 7) is -0.0403. The molecule has 5 nitrogen and oxygen atoms in total. The number of aromatic nitrogens is 1. The lowest BCUT2D eigenvalue weighted by atomic mass is 10.1. The van der Waals surface area contributed by atoms with Gasteiger partial charge in [0, 0.05) is 16.7 Å². The van der Waals surface area contributed by atoms with Crippen LogP contribution in [0, 0.1) is 0 Å². The molecule has 0 amide bonds. The van der Waals surface area contributed by atoms with Crippen LogP contribution >= 0.6 is 23.2 Å². The number of nitrogens with zero attached hydrogens (tertiary/aromatic N) is 1. The molecule has 7 heteroatoms. The van der Waals surface area contributed by atoms with E-state index >= 15 is 0 Å². The van der Waals surface area contributed by atoms with Crippen LogP contribution in [-0.4, -0.2) is 18.2 Å². The quantitative estimate of drug-likeness (QED) is 0.584. The Morgan fingerprint density at radius 2 is 1.88 bits per heavy atom. The SMILES string of the molecule is COc1ccc(-c2cc(COC(=O)c3cc(Cl)ccc3Cl)no2)cc1. The monoisotopic (exact) mass is 377 g/mol. The molecular formula is C18H13Cl2NO4. The van der Waals surface area contributed by atoms with Crippen molar-refractivity contribution in [1.82, 2.24) is 5.16 Å². The second-order valence-electron chi connectivity index (χ2n) is 5.11. The van der Waals surface area contributed by atoms with E-state index in [1.807, 2.05) is 24.3 Å². The van der Waals surface area contributed by atoms with Gasteiger partial charge in [0.05, 0.1) is 17.7 Å². The Balaban J connectivity index is 1.67. The summed E-state index contributed by atoms with van der Waals surface area (Å²) >= 11 is 11.8. The average Bonchev–Trinajstić information content (AvgIpc) is 3.11. The number of methoxy groups -OCH3 is 1. The van der Waals surface area contributed by atoms with Gasteiger partial charge in [0.25, 0.3) is 0 Å². The number of esters is 1. The Hall–Kier alpha value is -2.50. The van der Waals surface area contributed by atoms with Crippen molar-refractivity contribution in [3.05, 3.63) is 69.8 Å². The number of benzene rings is 2. The second-order valence-corrected chi connectivity index (χ2v) is 5.95. The highest BCUT2D eigenvalue weighted by Crippen LogP contribution is 2.24. The van der Waals surface area contributed by atoms with E-state index in [1.165, 1.54) is 6.07 Å². The van der Waals surface area contributed by atoms with E-state index < -0.39 is 5.97 Å².